The summed E-state index contributed by atoms with van der Waals surface area (Å²) >= 11 is 6.35. The van der Waals surface area contributed by atoms with Crippen molar-refractivity contribution in [1.29, 1.82) is 0 Å². The molecule has 1 N–H and O–H groups in total. The van der Waals surface area contributed by atoms with Crippen LogP contribution in [0.1, 0.15) is 50.3 Å². The first-order valence-electron chi connectivity index (χ1n) is 9.31. The molecule has 152 valence electrons. The number of aromatic nitrogens is 1. The first-order valence-corrected chi connectivity index (χ1v) is 9.68. The Bertz CT molecular complexity index is 1040. The quantitative estimate of drug-likeness (QED) is 0.603. The number of nitrogens with one attached hydrogen (secondary N) is 1. The highest BCUT2D eigenvalue weighted by Crippen LogP contribution is 2.55. The molecule has 2 heterocycles. The van der Waals surface area contributed by atoms with Gasteiger partial charge in [0.15, 0.2) is 5.78 Å². The summed E-state index contributed by atoms with van der Waals surface area (Å²) in [6.07, 6.45) is -2.99. The number of anilines is 1. The van der Waals surface area contributed by atoms with Gasteiger partial charge in [0.1, 0.15) is 5.82 Å². The highest BCUT2D eigenvalue weighted by molar-refractivity contribution is 6.33. The maximum Gasteiger partial charge on any atom is 0.419 e. The molecule has 0 saturated heterocycles. The largest absolute Gasteiger partial charge is 0.419 e. The van der Waals surface area contributed by atoms with Crippen LogP contribution in [0.25, 0.3) is 0 Å². The fraction of sp³-hybridized carbons (Fsp3) is 0.364. The number of hydrogen-bond donors (Lipinski definition) is 1. The van der Waals surface area contributed by atoms with Crippen LogP contribution < -0.4 is 5.32 Å². The molecule has 1 aliphatic carbocycles. The Morgan fingerprint density at radius 3 is 2.38 bits per heavy atom. The van der Waals surface area contributed by atoms with Crippen LogP contribution in [-0.4, -0.2) is 10.8 Å². The van der Waals surface area contributed by atoms with E-state index in [4.69, 9.17) is 11.6 Å². The van der Waals surface area contributed by atoms with Crippen LogP contribution in [-0.2, 0) is 16.4 Å². The summed E-state index contributed by atoms with van der Waals surface area (Å²) in [5.41, 5.74) is -0.344. The van der Waals surface area contributed by atoms with Crippen LogP contribution in [0, 0.1) is 5.41 Å². The topological polar surface area (TPSA) is 42.0 Å². The van der Waals surface area contributed by atoms with E-state index in [-0.39, 0.29) is 22.6 Å². The summed E-state index contributed by atoms with van der Waals surface area (Å²) in [6, 6.07) is 9.04. The summed E-state index contributed by atoms with van der Waals surface area (Å²) in [5, 5.41) is 2.70. The average Bonchev–Trinajstić information content (AvgIpc) is 2.59. The lowest BCUT2D eigenvalue weighted by Gasteiger charge is -2.45. The van der Waals surface area contributed by atoms with Crippen LogP contribution in [0.3, 0.4) is 0 Å². The maximum atomic E-state index is 13.6. The van der Waals surface area contributed by atoms with Crippen molar-refractivity contribution in [2.24, 2.45) is 5.41 Å². The van der Waals surface area contributed by atoms with Crippen molar-refractivity contribution in [2.45, 2.75) is 45.2 Å². The van der Waals surface area contributed by atoms with Gasteiger partial charge in [0.05, 0.1) is 16.0 Å². The number of Topliss-reactive ketones (excluding diaryl/α,β-unsaturated/α-hetero) is 1. The SMILES string of the molecule is CC1(C)CC(=O)C2=C(C1)Nc1ncc(C(F)(F)F)c(Cl)c1[C@@]2(C)c1ccccc1. The van der Waals surface area contributed by atoms with E-state index in [0.717, 1.165) is 6.20 Å². The minimum Gasteiger partial charge on any atom is -0.343 e. The van der Waals surface area contributed by atoms with Gasteiger partial charge >= 0.3 is 6.18 Å². The second-order valence-electron chi connectivity index (χ2n) is 8.62. The molecule has 1 aliphatic heterocycles. The highest BCUT2D eigenvalue weighted by Gasteiger charge is 2.50. The van der Waals surface area contributed by atoms with E-state index in [1.165, 1.54) is 0 Å². The zero-order valence-electron chi connectivity index (χ0n) is 16.2. The Morgan fingerprint density at radius 2 is 1.76 bits per heavy atom. The number of rotatable bonds is 1. The van der Waals surface area contributed by atoms with Gasteiger partial charge in [0, 0.05) is 29.5 Å². The molecule has 1 aromatic heterocycles. The van der Waals surface area contributed by atoms with Crippen LogP contribution in [0.5, 0.6) is 0 Å². The third kappa shape index (κ3) is 3.05. The Hall–Kier alpha value is -2.34. The smallest absolute Gasteiger partial charge is 0.343 e. The average molecular weight is 421 g/mol. The van der Waals surface area contributed by atoms with Crippen molar-refractivity contribution in [3.05, 3.63) is 69.5 Å². The molecule has 2 aromatic rings. The molecule has 1 atom stereocenters. The molecular weight excluding hydrogens is 401 g/mol. The van der Waals surface area contributed by atoms with E-state index in [0.29, 0.717) is 29.7 Å². The zero-order chi connectivity index (χ0) is 21.2. The molecule has 0 spiro atoms. The van der Waals surface area contributed by atoms with Crippen LogP contribution in [0.2, 0.25) is 5.02 Å². The molecule has 7 heteroatoms. The standard InChI is InChI=1S/C22H20ClF3N2O/c1-20(2)9-14-16(15(29)10-20)21(3,12-7-5-4-6-8-12)17-18(23)13(22(24,25)26)11-27-19(17)28-14/h4-8,11H,9-10H2,1-3H3,(H,27,28)/t21-/m0/s1. The number of alkyl halides is 3. The number of pyridine rings is 1. The zero-order valence-corrected chi connectivity index (χ0v) is 17.0. The number of carbonyl (C=O) groups is 1. The number of fused-ring (bicyclic) bond motifs is 1. The van der Waals surface area contributed by atoms with Crippen molar-refractivity contribution >= 4 is 23.2 Å². The molecule has 29 heavy (non-hydrogen) atoms. The number of benzene rings is 1. The van der Waals surface area contributed by atoms with Crippen LogP contribution in [0.15, 0.2) is 47.8 Å². The Labute approximate surface area is 172 Å². The van der Waals surface area contributed by atoms with Crippen molar-refractivity contribution in [3.8, 4) is 0 Å². The lowest BCUT2D eigenvalue weighted by atomic mass is 9.61. The van der Waals surface area contributed by atoms with E-state index in [9.17, 15) is 18.0 Å². The van der Waals surface area contributed by atoms with Gasteiger partial charge in [-0.05, 0) is 24.3 Å². The van der Waals surface area contributed by atoms with E-state index < -0.39 is 22.2 Å². The van der Waals surface area contributed by atoms with Crippen molar-refractivity contribution in [3.63, 3.8) is 0 Å². The normalized spacial score (nSPS) is 23.3. The molecule has 3 nitrogen and oxygen atoms in total. The molecule has 0 radical (unpaired) electrons. The number of halogens is 4. The Kier molecular flexibility index (Phi) is 4.35. The van der Waals surface area contributed by atoms with Gasteiger partial charge < -0.3 is 5.32 Å². The highest BCUT2D eigenvalue weighted by atomic mass is 35.5. The Morgan fingerprint density at radius 1 is 1.10 bits per heavy atom. The molecule has 4 rings (SSSR count). The number of carbonyl (C=O) groups excluding carboxylic acids is 1. The second kappa shape index (κ2) is 6.33. The Balaban J connectivity index is 2.07. The lowest BCUT2D eigenvalue weighted by Crippen LogP contribution is -2.42. The van der Waals surface area contributed by atoms with E-state index in [2.05, 4.69) is 10.3 Å². The van der Waals surface area contributed by atoms with Crippen LogP contribution in [0.4, 0.5) is 19.0 Å². The molecule has 0 unspecified atom stereocenters. The first kappa shape index (κ1) is 20.0. The fourth-order valence-corrected chi connectivity index (χ4v) is 5.01. The summed E-state index contributed by atoms with van der Waals surface area (Å²) in [4.78, 5) is 17.3. The van der Waals surface area contributed by atoms with E-state index in [1.54, 1.807) is 19.1 Å². The van der Waals surface area contributed by atoms with E-state index >= 15 is 0 Å². The van der Waals surface area contributed by atoms with Crippen molar-refractivity contribution < 1.29 is 18.0 Å². The van der Waals surface area contributed by atoms with Gasteiger partial charge in [-0.3, -0.25) is 4.79 Å². The van der Waals surface area contributed by atoms with Crippen LogP contribution >= 0.6 is 11.6 Å². The van der Waals surface area contributed by atoms with Gasteiger partial charge in [0.2, 0.25) is 0 Å². The fourth-order valence-electron chi connectivity index (χ4n) is 4.57. The first-order chi connectivity index (χ1) is 13.4. The number of ketones is 1. The lowest BCUT2D eigenvalue weighted by molar-refractivity contribution is -0.137. The molecule has 0 bridgehead atoms. The molecule has 0 saturated carbocycles. The van der Waals surface area contributed by atoms with E-state index in [1.807, 2.05) is 32.0 Å². The summed E-state index contributed by atoms with van der Waals surface area (Å²) in [6.45, 7) is 5.76. The second-order valence-corrected chi connectivity index (χ2v) is 9.00. The third-order valence-electron chi connectivity index (χ3n) is 5.82. The maximum absolute atomic E-state index is 13.6. The molecule has 2 aliphatic rings. The predicted octanol–water partition coefficient (Wildman–Crippen LogP) is 6.13. The molecule has 0 fully saturated rings. The molecule has 1 aromatic carbocycles. The summed E-state index contributed by atoms with van der Waals surface area (Å²) in [5.74, 6) is 0.174. The van der Waals surface area contributed by atoms with Crippen molar-refractivity contribution in [2.75, 3.05) is 5.32 Å². The monoisotopic (exact) mass is 420 g/mol. The summed E-state index contributed by atoms with van der Waals surface area (Å²) < 4.78 is 40.7. The predicted molar refractivity (Wildman–Crippen MR) is 106 cm³/mol. The summed E-state index contributed by atoms with van der Waals surface area (Å²) in [7, 11) is 0. The minimum absolute atomic E-state index is 0.0887. The van der Waals surface area contributed by atoms with Gasteiger partial charge in [-0.25, -0.2) is 4.98 Å². The molecule has 0 amide bonds. The van der Waals surface area contributed by atoms with Gasteiger partial charge in [-0.15, -0.1) is 0 Å². The molecular formula is C22H20ClF3N2O. The van der Waals surface area contributed by atoms with Crippen molar-refractivity contribution in [1.82, 2.24) is 4.98 Å². The number of nitrogens with zero attached hydrogens (tertiary/aromatic N) is 1. The third-order valence-corrected chi connectivity index (χ3v) is 6.21. The number of hydrogen-bond acceptors (Lipinski definition) is 3. The van der Waals surface area contributed by atoms with Gasteiger partial charge in [-0.2, -0.15) is 13.2 Å². The minimum atomic E-state index is -4.65. The van der Waals surface area contributed by atoms with Gasteiger partial charge in [-0.1, -0.05) is 55.8 Å². The number of allylic oxidation sites excluding steroid dienone is 2. The van der Waals surface area contributed by atoms with Gasteiger partial charge in [0.25, 0.3) is 0 Å².